The van der Waals surface area contributed by atoms with Crippen LogP contribution in [0, 0.1) is 0 Å². The number of piperidine rings is 1. The number of benzene rings is 1. The summed E-state index contributed by atoms with van der Waals surface area (Å²) in [6.07, 6.45) is 4.63. The van der Waals surface area contributed by atoms with Crippen LogP contribution in [0.15, 0.2) is 30.5 Å². The van der Waals surface area contributed by atoms with E-state index in [1.165, 1.54) is 17.3 Å². The van der Waals surface area contributed by atoms with Crippen LogP contribution in [0.2, 0.25) is 0 Å². The Labute approximate surface area is 151 Å². The van der Waals surface area contributed by atoms with E-state index in [1.54, 1.807) is 0 Å². The summed E-state index contributed by atoms with van der Waals surface area (Å²) in [4.78, 5) is 28.0. The Morgan fingerprint density at radius 1 is 1.23 bits per heavy atom. The molecule has 1 aromatic carbocycles. The molecular weight excluding hydrogens is 334 g/mol. The van der Waals surface area contributed by atoms with Crippen LogP contribution in [-0.4, -0.2) is 62.6 Å². The average molecular weight is 355 g/mol. The van der Waals surface area contributed by atoms with Crippen LogP contribution in [0.4, 0.5) is 5.69 Å². The van der Waals surface area contributed by atoms with Gasteiger partial charge < -0.3 is 10.0 Å². The van der Waals surface area contributed by atoms with Gasteiger partial charge in [-0.25, -0.2) is 9.48 Å². The van der Waals surface area contributed by atoms with E-state index in [2.05, 4.69) is 15.2 Å². The summed E-state index contributed by atoms with van der Waals surface area (Å²) in [7, 11) is 0. The highest BCUT2D eigenvalue weighted by atomic mass is 16.4. The van der Waals surface area contributed by atoms with Crippen molar-refractivity contribution < 1.29 is 14.7 Å². The summed E-state index contributed by atoms with van der Waals surface area (Å²) >= 11 is 0. The Hall–Kier alpha value is -2.74. The summed E-state index contributed by atoms with van der Waals surface area (Å²) in [5.41, 5.74) is 1.75. The Bertz CT molecular complexity index is 834. The summed E-state index contributed by atoms with van der Waals surface area (Å²) in [6, 6.07) is 7.78. The Morgan fingerprint density at radius 3 is 2.92 bits per heavy atom. The first kappa shape index (κ1) is 16.7. The standard InChI is InChI=1S/C18H21N5O3/c24-17-16-6-1-2-7-21(16)8-9-23(17)14-5-3-4-13(10-14)11-22-12-15(18(25)26)19-20-22/h3-5,10,12,16H,1-2,6-9,11H2,(H,25,26). The van der Waals surface area contributed by atoms with Gasteiger partial charge in [0.1, 0.15) is 0 Å². The molecule has 0 bridgehead atoms. The molecule has 136 valence electrons. The van der Waals surface area contributed by atoms with Gasteiger partial charge in [0.2, 0.25) is 5.91 Å². The number of carbonyl (C=O) groups is 2. The van der Waals surface area contributed by atoms with E-state index in [0.29, 0.717) is 13.1 Å². The fourth-order valence-electron chi connectivity index (χ4n) is 3.80. The minimum atomic E-state index is -1.10. The molecule has 2 aromatic rings. The first-order valence-electron chi connectivity index (χ1n) is 8.89. The molecule has 2 fully saturated rings. The molecular formula is C18H21N5O3. The van der Waals surface area contributed by atoms with E-state index in [4.69, 9.17) is 5.11 Å². The third-order valence-corrected chi connectivity index (χ3v) is 5.10. The maximum atomic E-state index is 12.9. The van der Waals surface area contributed by atoms with Crippen LogP contribution >= 0.6 is 0 Å². The lowest BCUT2D eigenvalue weighted by Crippen LogP contribution is -2.58. The molecule has 1 atom stereocenters. The molecule has 3 heterocycles. The van der Waals surface area contributed by atoms with Crippen molar-refractivity contribution in [2.45, 2.75) is 31.8 Å². The molecule has 0 spiro atoms. The molecule has 1 aromatic heterocycles. The number of rotatable bonds is 4. The minimum absolute atomic E-state index is 0.00889. The number of carboxylic acids is 1. The molecule has 0 saturated carbocycles. The van der Waals surface area contributed by atoms with Crippen molar-refractivity contribution >= 4 is 17.6 Å². The Kier molecular flexibility index (Phi) is 4.42. The van der Waals surface area contributed by atoms with E-state index in [0.717, 1.165) is 37.2 Å². The van der Waals surface area contributed by atoms with Crippen LogP contribution in [0.1, 0.15) is 35.3 Å². The van der Waals surface area contributed by atoms with Crippen LogP contribution < -0.4 is 4.90 Å². The zero-order chi connectivity index (χ0) is 18.1. The van der Waals surface area contributed by atoms with Gasteiger partial charge in [-0.05, 0) is 37.1 Å². The number of anilines is 1. The number of fused-ring (bicyclic) bond motifs is 1. The van der Waals surface area contributed by atoms with Gasteiger partial charge in [0, 0.05) is 18.8 Å². The molecule has 4 rings (SSSR count). The van der Waals surface area contributed by atoms with Crippen molar-refractivity contribution in [2.75, 3.05) is 24.5 Å². The lowest BCUT2D eigenvalue weighted by atomic mass is 9.98. The Balaban J connectivity index is 1.51. The normalized spacial score (nSPS) is 20.8. The minimum Gasteiger partial charge on any atom is -0.476 e. The van der Waals surface area contributed by atoms with Gasteiger partial charge in [-0.15, -0.1) is 5.10 Å². The summed E-state index contributed by atoms with van der Waals surface area (Å²) in [6.45, 7) is 3.03. The van der Waals surface area contributed by atoms with Crippen LogP contribution in [0.25, 0.3) is 0 Å². The number of aromatic nitrogens is 3. The second-order valence-corrected chi connectivity index (χ2v) is 6.81. The van der Waals surface area contributed by atoms with Crippen LogP contribution in [-0.2, 0) is 11.3 Å². The van der Waals surface area contributed by atoms with E-state index in [1.807, 2.05) is 29.2 Å². The second-order valence-electron chi connectivity index (χ2n) is 6.81. The zero-order valence-corrected chi connectivity index (χ0v) is 14.4. The highest BCUT2D eigenvalue weighted by Crippen LogP contribution is 2.26. The molecule has 1 unspecified atom stereocenters. The average Bonchev–Trinajstić information content (AvgIpc) is 3.11. The summed E-state index contributed by atoms with van der Waals surface area (Å²) in [5.74, 6) is -0.914. The summed E-state index contributed by atoms with van der Waals surface area (Å²) < 4.78 is 1.49. The number of amides is 1. The van der Waals surface area contributed by atoms with Gasteiger partial charge in [-0.2, -0.15) is 0 Å². The van der Waals surface area contributed by atoms with E-state index in [9.17, 15) is 9.59 Å². The van der Waals surface area contributed by atoms with Crippen LogP contribution in [0.5, 0.6) is 0 Å². The zero-order valence-electron chi connectivity index (χ0n) is 14.4. The van der Waals surface area contributed by atoms with Gasteiger partial charge in [0.15, 0.2) is 5.69 Å². The molecule has 2 aliphatic heterocycles. The van der Waals surface area contributed by atoms with E-state index >= 15 is 0 Å². The quantitative estimate of drug-likeness (QED) is 0.887. The first-order chi connectivity index (χ1) is 12.6. The highest BCUT2D eigenvalue weighted by molar-refractivity contribution is 5.98. The number of hydrogen-bond acceptors (Lipinski definition) is 5. The first-order valence-corrected chi connectivity index (χ1v) is 8.89. The van der Waals surface area contributed by atoms with Gasteiger partial charge in [-0.3, -0.25) is 9.69 Å². The molecule has 2 saturated heterocycles. The smallest absolute Gasteiger partial charge is 0.358 e. The van der Waals surface area contributed by atoms with Crippen molar-refractivity contribution in [3.05, 3.63) is 41.7 Å². The van der Waals surface area contributed by atoms with Gasteiger partial charge >= 0.3 is 5.97 Å². The molecule has 0 radical (unpaired) electrons. The van der Waals surface area contributed by atoms with Crippen molar-refractivity contribution in [2.24, 2.45) is 0 Å². The molecule has 8 heteroatoms. The second kappa shape index (κ2) is 6.87. The molecule has 8 nitrogen and oxygen atoms in total. The number of hydrogen-bond donors (Lipinski definition) is 1. The maximum Gasteiger partial charge on any atom is 0.358 e. The molecule has 2 aliphatic rings. The van der Waals surface area contributed by atoms with Crippen molar-refractivity contribution in [3.8, 4) is 0 Å². The van der Waals surface area contributed by atoms with Crippen LogP contribution in [0.3, 0.4) is 0 Å². The van der Waals surface area contributed by atoms with Crippen molar-refractivity contribution in [1.82, 2.24) is 19.9 Å². The van der Waals surface area contributed by atoms with E-state index < -0.39 is 5.97 Å². The third-order valence-electron chi connectivity index (χ3n) is 5.10. The van der Waals surface area contributed by atoms with Gasteiger partial charge in [0.25, 0.3) is 0 Å². The highest BCUT2D eigenvalue weighted by Gasteiger charge is 2.36. The largest absolute Gasteiger partial charge is 0.476 e. The topological polar surface area (TPSA) is 91.6 Å². The van der Waals surface area contributed by atoms with Crippen molar-refractivity contribution in [3.63, 3.8) is 0 Å². The number of carbonyl (C=O) groups excluding carboxylic acids is 1. The number of aromatic carboxylic acids is 1. The van der Waals surface area contributed by atoms with Gasteiger partial charge in [0.05, 0.1) is 18.8 Å². The molecule has 1 N–H and O–H groups in total. The molecule has 0 aliphatic carbocycles. The van der Waals surface area contributed by atoms with E-state index in [-0.39, 0.29) is 17.6 Å². The number of carboxylic acid groups (broad SMARTS) is 1. The fourth-order valence-corrected chi connectivity index (χ4v) is 3.80. The number of nitrogens with zero attached hydrogens (tertiary/aromatic N) is 5. The molecule has 26 heavy (non-hydrogen) atoms. The fraction of sp³-hybridized carbons (Fsp3) is 0.444. The summed E-state index contributed by atoms with van der Waals surface area (Å²) in [5, 5.41) is 16.4. The van der Waals surface area contributed by atoms with Gasteiger partial charge in [-0.1, -0.05) is 23.8 Å². The molecule has 1 amide bonds. The predicted octanol–water partition coefficient (Wildman–Crippen LogP) is 1.23. The Morgan fingerprint density at radius 2 is 2.12 bits per heavy atom. The maximum absolute atomic E-state index is 12.9. The number of piperazine rings is 1. The van der Waals surface area contributed by atoms with Crippen molar-refractivity contribution in [1.29, 1.82) is 0 Å². The third kappa shape index (κ3) is 3.20. The monoisotopic (exact) mass is 355 g/mol. The lowest BCUT2D eigenvalue weighted by Gasteiger charge is -2.43. The lowest BCUT2D eigenvalue weighted by molar-refractivity contribution is -0.127. The predicted molar refractivity (Wildman–Crippen MR) is 94.1 cm³/mol. The SMILES string of the molecule is O=C(O)c1cn(Cc2cccc(N3CCN4CCCCC4C3=O)c2)nn1.